The monoisotopic (exact) mass is 569 g/mol. The van der Waals surface area contributed by atoms with E-state index in [0.717, 1.165) is 23.1 Å². The SMILES string of the molecule is CC(C(=O)C(=N)c1cc(F)c2c(c1)CCC2(C)C)c1ccc(C2CC(F)(F)C2)cc1CCCC(=O)CCCC(=O)O. The number of nitrogens with one attached hydrogen (secondary N) is 1. The fraction of sp³-hybridized carbons (Fsp3) is 0.515. The van der Waals surface area contributed by atoms with Crippen molar-refractivity contribution in [1.29, 1.82) is 5.41 Å². The number of hydrogen-bond acceptors (Lipinski definition) is 4. The molecule has 2 aromatic carbocycles. The Morgan fingerprint density at radius 2 is 1.73 bits per heavy atom. The highest BCUT2D eigenvalue weighted by Gasteiger charge is 2.46. The molecule has 1 atom stereocenters. The van der Waals surface area contributed by atoms with Crippen molar-refractivity contribution in [3.05, 3.63) is 69.5 Å². The molecule has 2 aliphatic rings. The summed E-state index contributed by atoms with van der Waals surface area (Å²) in [6.07, 6.45) is 2.56. The second-order valence-corrected chi connectivity index (χ2v) is 12.4. The van der Waals surface area contributed by atoms with Crippen LogP contribution in [0.5, 0.6) is 0 Å². The summed E-state index contributed by atoms with van der Waals surface area (Å²) in [6, 6.07) is 8.39. The third-order valence-corrected chi connectivity index (χ3v) is 8.74. The number of benzene rings is 2. The van der Waals surface area contributed by atoms with E-state index < -0.39 is 29.4 Å². The minimum absolute atomic E-state index is 0.0460. The zero-order valence-electron chi connectivity index (χ0n) is 23.9. The molecule has 4 rings (SSSR count). The van der Waals surface area contributed by atoms with Crippen molar-refractivity contribution in [2.45, 2.75) is 108 Å². The summed E-state index contributed by atoms with van der Waals surface area (Å²) in [5.74, 6) is -5.54. The first-order valence-corrected chi connectivity index (χ1v) is 14.4. The van der Waals surface area contributed by atoms with Crippen LogP contribution in [0.15, 0.2) is 30.3 Å². The molecule has 1 fully saturated rings. The first kappa shape index (κ1) is 30.7. The van der Waals surface area contributed by atoms with Gasteiger partial charge >= 0.3 is 5.97 Å². The highest BCUT2D eigenvalue weighted by molar-refractivity contribution is 6.46. The van der Waals surface area contributed by atoms with Crippen molar-refractivity contribution in [3.63, 3.8) is 0 Å². The quantitative estimate of drug-likeness (QED) is 0.245. The van der Waals surface area contributed by atoms with Gasteiger partial charge in [-0.15, -0.1) is 0 Å². The van der Waals surface area contributed by atoms with E-state index in [4.69, 9.17) is 10.5 Å². The molecule has 0 spiro atoms. The maximum atomic E-state index is 15.1. The molecule has 8 heteroatoms. The van der Waals surface area contributed by atoms with Gasteiger partial charge in [0.2, 0.25) is 5.92 Å². The van der Waals surface area contributed by atoms with Crippen LogP contribution in [0, 0.1) is 11.2 Å². The average Bonchev–Trinajstić information content (AvgIpc) is 3.20. The number of Topliss-reactive ketones (excluding diaryl/α,β-unsaturated/α-hetero) is 2. The number of rotatable bonds is 13. The zero-order chi connectivity index (χ0) is 30.1. The summed E-state index contributed by atoms with van der Waals surface area (Å²) in [5, 5.41) is 17.4. The first-order chi connectivity index (χ1) is 19.2. The molecule has 1 unspecified atom stereocenters. The van der Waals surface area contributed by atoms with Gasteiger partial charge < -0.3 is 5.11 Å². The molecule has 5 nitrogen and oxygen atoms in total. The number of carbonyl (C=O) groups is 3. The van der Waals surface area contributed by atoms with Crippen LogP contribution in [0.4, 0.5) is 13.2 Å². The molecule has 0 radical (unpaired) electrons. The van der Waals surface area contributed by atoms with Gasteiger partial charge in [0, 0.05) is 43.6 Å². The largest absolute Gasteiger partial charge is 0.481 e. The molecule has 41 heavy (non-hydrogen) atoms. The third-order valence-electron chi connectivity index (χ3n) is 8.74. The predicted molar refractivity (Wildman–Crippen MR) is 151 cm³/mol. The van der Waals surface area contributed by atoms with Gasteiger partial charge in [0.05, 0.1) is 0 Å². The second-order valence-electron chi connectivity index (χ2n) is 12.4. The van der Waals surface area contributed by atoms with Gasteiger partial charge in [-0.1, -0.05) is 39.0 Å². The minimum Gasteiger partial charge on any atom is -0.481 e. The lowest BCUT2D eigenvalue weighted by Crippen LogP contribution is -2.33. The van der Waals surface area contributed by atoms with Gasteiger partial charge in [-0.05, 0) is 83.4 Å². The molecule has 2 aromatic rings. The Balaban J connectivity index is 1.52. The Bertz CT molecular complexity index is 1370. The van der Waals surface area contributed by atoms with E-state index in [1.807, 2.05) is 19.9 Å². The van der Waals surface area contributed by atoms with Gasteiger partial charge in [0.1, 0.15) is 17.3 Å². The number of halogens is 3. The van der Waals surface area contributed by atoms with Crippen molar-refractivity contribution in [2.75, 3.05) is 0 Å². The molecule has 0 saturated heterocycles. The van der Waals surface area contributed by atoms with Gasteiger partial charge in [-0.25, -0.2) is 13.2 Å². The molecule has 220 valence electrons. The van der Waals surface area contributed by atoms with Gasteiger partial charge in [0.25, 0.3) is 0 Å². The van der Waals surface area contributed by atoms with Crippen molar-refractivity contribution < 1.29 is 32.7 Å². The molecule has 2 N–H and O–H groups in total. The number of fused-ring (bicyclic) bond motifs is 1. The molecule has 0 bridgehead atoms. The summed E-state index contributed by atoms with van der Waals surface area (Å²) in [6.45, 7) is 5.66. The zero-order valence-corrected chi connectivity index (χ0v) is 23.9. The molecule has 1 saturated carbocycles. The van der Waals surface area contributed by atoms with Crippen molar-refractivity contribution in [2.24, 2.45) is 0 Å². The van der Waals surface area contributed by atoms with Gasteiger partial charge in [0.15, 0.2) is 5.78 Å². The lowest BCUT2D eigenvalue weighted by Gasteiger charge is -2.35. The molecular weight excluding hydrogens is 531 g/mol. The van der Waals surface area contributed by atoms with Crippen LogP contribution in [-0.4, -0.2) is 34.3 Å². The number of alkyl halides is 2. The Hall–Kier alpha value is -3.29. The van der Waals surface area contributed by atoms with E-state index in [2.05, 4.69) is 0 Å². The standard InChI is InChI=1S/C33H38F3NO4/c1-19(31(41)30(37)23-15-22-12-13-32(2,3)29(22)27(34)16-23)26-11-10-20(24-17-33(35,36)18-24)14-21(26)6-4-7-25(38)8-5-9-28(39)40/h10-11,14-16,19,24,37H,4-9,12-13,17-18H2,1-3H3,(H,39,40). The fourth-order valence-electron chi connectivity index (χ4n) is 6.29. The van der Waals surface area contributed by atoms with Crippen molar-refractivity contribution >= 4 is 23.2 Å². The highest BCUT2D eigenvalue weighted by Crippen LogP contribution is 2.48. The Morgan fingerprint density at radius 1 is 1.05 bits per heavy atom. The smallest absolute Gasteiger partial charge is 0.303 e. The van der Waals surface area contributed by atoms with E-state index in [0.29, 0.717) is 30.4 Å². The van der Waals surface area contributed by atoms with Crippen molar-refractivity contribution in [1.82, 2.24) is 0 Å². The molecule has 2 aliphatic carbocycles. The number of aryl methyl sites for hydroxylation is 2. The number of carboxylic acid groups (broad SMARTS) is 1. The second kappa shape index (κ2) is 11.9. The Kier molecular flexibility index (Phi) is 8.90. The lowest BCUT2D eigenvalue weighted by atomic mass is 9.75. The Morgan fingerprint density at radius 3 is 2.39 bits per heavy atom. The number of hydrogen-bond donors (Lipinski definition) is 2. The minimum atomic E-state index is -2.68. The van der Waals surface area contributed by atoms with Crippen LogP contribution in [0.25, 0.3) is 0 Å². The molecule has 0 amide bonds. The number of carbonyl (C=O) groups excluding carboxylic acids is 2. The van der Waals surface area contributed by atoms with E-state index in [1.165, 1.54) is 6.07 Å². The number of carboxylic acids is 1. The van der Waals surface area contributed by atoms with Gasteiger partial charge in [-0.2, -0.15) is 0 Å². The summed E-state index contributed by atoms with van der Waals surface area (Å²) in [4.78, 5) is 36.5. The molecular formula is C33H38F3NO4. The first-order valence-electron chi connectivity index (χ1n) is 14.4. The van der Waals surface area contributed by atoms with Crippen LogP contribution in [0.1, 0.15) is 117 Å². The van der Waals surface area contributed by atoms with Crippen LogP contribution in [0.3, 0.4) is 0 Å². The lowest BCUT2D eigenvalue weighted by molar-refractivity contribution is -0.137. The maximum absolute atomic E-state index is 15.1. The Labute approximate surface area is 239 Å². The summed E-state index contributed by atoms with van der Waals surface area (Å²) in [7, 11) is 0. The predicted octanol–water partition coefficient (Wildman–Crippen LogP) is 7.45. The number of aliphatic carboxylic acids is 1. The molecule has 0 aromatic heterocycles. The number of ketones is 2. The molecule has 0 aliphatic heterocycles. The molecule has 0 heterocycles. The highest BCUT2D eigenvalue weighted by atomic mass is 19.3. The van der Waals surface area contributed by atoms with Crippen LogP contribution in [0.2, 0.25) is 0 Å². The average molecular weight is 570 g/mol. The van der Waals surface area contributed by atoms with E-state index >= 15 is 4.39 Å². The van der Waals surface area contributed by atoms with Gasteiger partial charge in [-0.3, -0.25) is 19.8 Å². The summed E-state index contributed by atoms with van der Waals surface area (Å²) in [5.41, 5.74) is 3.35. The van der Waals surface area contributed by atoms with Crippen LogP contribution < -0.4 is 0 Å². The normalized spacial score (nSPS) is 17.9. The van der Waals surface area contributed by atoms with E-state index in [-0.39, 0.29) is 66.9 Å². The van der Waals surface area contributed by atoms with Crippen LogP contribution >= 0.6 is 0 Å². The third kappa shape index (κ3) is 6.96. The maximum Gasteiger partial charge on any atom is 0.303 e. The topological polar surface area (TPSA) is 95.3 Å². The van der Waals surface area contributed by atoms with E-state index in [9.17, 15) is 23.2 Å². The summed E-state index contributed by atoms with van der Waals surface area (Å²) >= 11 is 0. The van der Waals surface area contributed by atoms with E-state index in [1.54, 1.807) is 25.1 Å². The summed E-state index contributed by atoms with van der Waals surface area (Å²) < 4.78 is 42.2. The van der Waals surface area contributed by atoms with Crippen LogP contribution in [-0.2, 0) is 32.6 Å². The van der Waals surface area contributed by atoms with Crippen molar-refractivity contribution in [3.8, 4) is 0 Å². The fourth-order valence-corrected chi connectivity index (χ4v) is 6.29.